The Hall–Kier alpha value is -3.51. The molecular weight excluding hydrogens is 369 g/mol. The topological polar surface area (TPSA) is 61.4 Å². The van der Waals surface area contributed by atoms with Crippen LogP contribution in [-0.4, -0.2) is 30.3 Å². The van der Waals surface area contributed by atoms with E-state index in [4.69, 9.17) is 0 Å². The van der Waals surface area contributed by atoms with E-state index in [1.165, 1.54) is 12.1 Å². The van der Waals surface area contributed by atoms with Gasteiger partial charge < -0.3 is 10.6 Å². The Bertz CT molecular complexity index is 975. The number of halogens is 1. The zero-order chi connectivity index (χ0) is 20.6. The van der Waals surface area contributed by atoms with Crippen LogP contribution in [0, 0.1) is 5.82 Å². The Morgan fingerprint density at radius 2 is 1.52 bits per heavy atom. The minimum atomic E-state index is -0.299. The minimum Gasteiger partial charge on any atom is -0.324 e. The summed E-state index contributed by atoms with van der Waals surface area (Å²) in [7, 11) is 1.80. The van der Waals surface area contributed by atoms with Crippen molar-refractivity contribution in [2.75, 3.05) is 24.2 Å². The van der Waals surface area contributed by atoms with Crippen LogP contribution in [0.5, 0.6) is 0 Å². The van der Waals surface area contributed by atoms with E-state index in [0.717, 1.165) is 5.56 Å². The number of para-hydroxylation sites is 2. The number of nitrogens with zero attached hydrogens (tertiary/aromatic N) is 1. The summed E-state index contributed by atoms with van der Waals surface area (Å²) in [6.07, 6.45) is 0. The van der Waals surface area contributed by atoms with Gasteiger partial charge in [-0.2, -0.15) is 0 Å². The number of rotatable bonds is 7. The summed E-state index contributed by atoms with van der Waals surface area (Å²) in [6.45, 7) is 0.635. The predicted octanol–water partition coefficient (Wildman–Crippen LogP) is 4.15. The molecule has 0 heterocycles. The van der Waals surface area contributed by atoms with Crippen molar-refractivity contribution in [3.05, 3.63) is 95.8 Å². The van der Waals surface area contributed by atoms with Crippen molar-refractivity contribution >= 4 is 23.2 Å². The summed E-state index contributed by atoms with van der Waals surface area (Å²) in [4.78, 5) is 26.9. The second-order valence-electron chi connectivity index (χ2n) is 6.71. The highest BCUT2D eigenvalue weighted by atomic mass is 19.1. The Morgan fingerprint density at radius 3 is 2.24 bits per heavy atom. The van der Waals surface area contributed by atoms with Crippen molar-refractivity contribution in [3.63, 3.8) is 0 Å². The largest absolute Gasteiger partial charge is 0.324 e. The highest BCUT2D eigenvalue weighted by molar-refractivity contribution is 6.10. The molecule has 0 spiro atoms. The zero-order valence-corrected chi connectivity index (χ0v) is 16.1. The second kappa shape index (κ2) is 9.61. The van der Waals surface area contributed by atoms with Crippen molar-refractivity contribution in [2.24, 2.45) is 0 Å². The number of benzene rings is 3. The van der Waals surface area contributed by atoms with Gasteiger partial charge in [0.05, 0.1) is 17.8 Å². The van der Waals surface area contributed by atoms with Crippen molar-refractivity contribution in [2.45, 2.75) is 6.54 Å². The van der Waals surface area contributed by atoms with Crippen molar-refractivity contribution in [1.29, 1.82) is 0 Å². The normalized spacial score (nSPS) is 10.6. The smallest absolute Gasteiger partial charge is 0.257 e. The molecule has 0 aliphatic heterocycles. The lowest BCUT2D eigenvalue weighted by molar-refractivity contribution is -0.117. The molecule has 0 fully saturated rings. The van der Waals surface area contributed by atoms with Crippen LogP contribution in [0.25, 0.3) is 0 Å². The van der Waals surface area contributed by atoms with Crippen molar-refractivity contribution in [1.82, 2.24) is 4.90 Å². The molecule has 29 heavy (non-hydrogen) atoms. The zero-order valence-electron chi connectivity index (χ0n) is 16.1. The first-order valence-electron chi connectivity index (χ1n) is 9.19. The predicted molar refractivity (Wildman–Crippen MR) is 112 cm³/mol. The Morgan fingerprint density at radius 1 is 0.862 bits per heavy atom. The van der Waals surface area contributed by atoms with E-state index in [2.05, 4.69) is 10.6 Å². The first kappa shape index (κ1) is 20.2. The molecule has 0 unspecified atom stereocenters. The molecule has 2 amide bonds. The van der Waals surface area contributed by atoms with Gasteiger partial charge in [-0.3, -0.25) is 14.5 Å². The molecule has 0 bridgehead atoms. The van der Waals surface area contributed by atoms with E-state index in [1.807, 2.05) is 23.1 Å². The average Bonchev–Trinajstić information content (AvgIpc) is 2.70. The van der Waals surface area contributed by atoms with Crippen molar-refractivity contribution < 1.29 is 14.0 Å². The summed E-state index contributed by atoms with van der Waals surface area (Å²) in [5.74, 6) is -0.833. The molecule has 0 radical (unpaired) electrons. The quantitative estimate of drug-likeness (QED) is 0.636. The van der Waals surface area contributed by atoms with Gasteiger partial charge in [-0.25, -0.2) is 4.39 Å². The SMILES string of the molecule is CN(CC(=O)Nc1ccccc1C(=O)Nc1ccccc1)Cc1ccc(F)cc1. The van der Waals surface area contributed by atoms with Gasteiger partial charge in [-0.1, -0.05) is 42.5 Å². The van der Waals surface area contributed by atoms with Crippen LogP contribution in [-0.2, 0) is 11.3 Å². The molecule has 0 aliphatic rings. The summed E-state index contributed by atoms with van der Waals surface area (Å²) >= 11 is 0. The Kier molecular flexibility index (Phi) is 6.71. The lowest BCUT2D eigenvalue weighted by atomic mass is 10.1. The third-order valence-corrected chi connectivity index (χ3v) is 4.26. The first-order valence-corrected chi connectivity index (χ1v) is 9.19. The van der Waals surface area contributed by atoms with Crippen LogP contribution < -0.4 is 10.6 Å². The van der Waals surface area contributed by atoms with Crippen LogP contribution >= 0.6 is 0 Å². The monoisotopic (exact) mass is 391 g/mol. The van der Waals surface area contributed by atoms with Crippen LogP contribution in [0.15, 0.2) is 78.9 Å². The molecule has 3 aromatic rings. The van der Waals surface area contributed by atoms with Crippen LogP contribution in [0.2, 0.25) is 0 Å². The van der Waals surface area contributed by atoms with E-state index in [9.17, 15) is 14.0 Å². The van der Waals surface area contributed by atoms with E-state index in [-0.39, 0.29) is 24.2 Å². The standard InChI is InChI=1S/C23H22FN3O2/c1-27(15-17-11-13-18(24)14-12-17)16-22(28)26-21-10-6-5-9-20(21)23(29)25-19-7-3-2-4-8-19/h2-14H,15-16H2,1H3,(H,25,29)(H,26,28). The van der Waals surface area contributed by atoms with Gasteiger partial charge in [0, 0.05) is 12.2 Å². The number of hydrogen-bond acceptors (Lipinski definition) is 3. The Labute approximate surface area is 169 Å². The third-order valence-electron chi connectivity index (χ3n) is 4.26. The maximum absolute atomic E-state index is 13.0. The molecule has 2 N–H and O–H groups in total. The second-order valence-corrected chi connectivity index (χ2v) is 6.71. The fourth-order valence-corrected chi connectivity index (χ4v) is 2.90. The van der Waals surface area contributed by atoms with Gasteiger partial charge in [-0.05, 0) is 49.0 Å². The number of anilines is 2. The molecule has 3 aromatic carbocycles. The number of amides is 2. The fourth-order valence-electron chi connectivity index (χ4n) is 2.90. The maximum Gasteiger partial charge on any atom is 0.257 e. The number of nitrogens with one attached hydrogen (secondary N) is 2. The molecule has 148 valence electrons. The number of carbonyl (C=O) groups excluding carboxylic acids is 2. The van der Waals surface area contributed by atoms with Gasteiger partial charge >= 0.3 is 0 Å². The summed E-state index contributed by atoms with van der Waals surface area (Å²) in [6, 6.07) is 22.1. The van der Waals surface area contributed by atoms with Gasteiger partial charge in [0.2, 0.25) is 5.91 Å². The molecule has 0 aliphatic carbocycles. The van der Waals surface area contributed by atoms with E-state index in [1.54, 1.807) is 55.6 Å². The maximum atomic E-state index is 13.0. The molecule has 3 rings (SSSR count). The highest BCUT2D eigenvalue weighted by Gasteiger charge is 2.14. The summed E-state index contributed by atoms with van der Waals surface area (Å²) < 4.78 is 13.0. The van der Waals surface area contributed by atoms with E-state index >= 15 is 0 Å². The molecule has 0 aromatic heterocycles. The van der Waals surface area contributed by atoms with E-state index < -0.39 is 0 Å². The molecular formula is C23H22FN3O2. The summed E-state index contributed by atoms with van der Waals surface area (Å²) in [5.41, 5.74) is 2.41. The first-order chi connectivity index (χ1) is 14.0. The summed E-state index contributed by atoms with van der Waals surface area (Å²) in [5, 5.41) is 5.62. The molecule has 5 nitrogen and oxygen atoms in total. The van der Waals surface area contributed by atoms with Gasteiger partial charge in [0.1, 0.15) is 5.82 Å². The molecule has 6 heteroatoms. The molecule has 0 atom stereocenters. The molecule has 0 saturated heterocycles. The van der Waals surface area contributed by atoms with Gasteiger partial charge in [0.15, 0.2) is 0 Å². The minimum absolute atomic E-state index is 0.131. The average molecular weight is 391 g/mol. The number of hydrogen-bond donors (Lipinski definition) is 2. The van der Waals surface area contributed by atoms with Crippen molar-refractivity contribution in [3.8, 4) is 0 Å². The third kappa shape index (κ3) is 5.99. The number of likely N-dealkylation sites (N-methyl/N-ethyl adjacent to an activating group) is 1. The lowest BCUT2D eigenvalue weighted by Crippen LogP contribution is -2.30. The lowest BCUT2D eigenvalue weighted by Gasteiger charge is -2.17. The van der Waals surface area contributed by atoms with E-state index in [0.29, 0.717) is 23.5 Å². The van der Waals surface area contributed by atoms with Crippen LogP contribution in [0.3, 0.4) is 0 Å². The van der Waals surface area contributed by atoms with Crippen LogP contribution in [0.4, 0.5) is 15.8 Å². The van der Waals surface area contributed by atoms with Gasteiger partial charge in [-0.15, -0.1) is 0 Å². The van der Waals surface area contributed by atoms with Crippen LogP contribution in [0.1, 0.15) is 15.9 Å². The molecule has 0 saturated carbocycles. The number of carbonyl (C=O) groups is 2. The highest BCUT2D eigenvalue weighted by Crippen LogP contribution is 2.17. The van der Waals surface area contributed by atoms with Gasteiger partial charge in [0.25, 0.3) is 5.91 Å². The Balaban J connectivity index is 1.61. The fraction of sp³-hybridized carbons (Fsp3) is 0.130.